The Labute approximate surface area is 60.9 Å². The Morgan fingerprint density at radius 3 is 2.20 bits per heavy atom. The summed E-state index contributed by atoms with van der Waals surface area (Å²) >= 11 is 0. The van der Waals surface area contributed by atoms with Crippen molar-refractivity contribution in [3.8, 4) is 11.3 Å². The van der Waals surface area contributed by atoms with Gasteiger partial charge in [0.05, 0.1) is 0 Å². The standard InChI is InChI=1S/C5H5NO2P2/c6-2-1-5(3-9-7)4-10-8/h1H,2,6H2. The quantitative estimate of drug-likeness (QED) is 0.609. The summed E-state index contributed by atoms with van der Waals surface area (Å²) < 4.78 is 19.8. The molecule has 10 heavy (non-hydrogen) atoms. The predicted molar refractivity (Wildman–Crippen MR) is 40.1 cm³/mol. The molecule has 0 fully saturated rings. The fourth-order valence-electron chi connectivity index (χ4n) is 0.332. The van der Waals surface area contributed by atoms with E-state index in [9.17, 15) is 9.13 Å². The van der Waals surface area contributed by atoms with Gasteiger partial charge in [-0.15, -0.1) is 0 Å². The van der Waals surface area contributed by atoms with Crippen LogP contribution in [-0.2, 0) is 9.13 Å². The molecular weight excluding hydrogens is 168 g/mol. The molecule has 0 radical (unpaired) electrons. The fourth-order valence-corrected chi connectivity index (χ4v) is 0.912. The van der Waals surface area contributed by atoms with Crippen LogP contribution in [0.25, 0.3) is 0 Å². The summed E-state index contributed by atoms with van der Waals surface area (Å²) in [6.07, 6.45) is 1.52. The third-order valence-corrected chi connectivity index (χ3v) is 1.32. The van der Waals surface area contributed by atoms with Crippen molar-refractivity contribution in [1.82, 2.24) is 0 Å². The Morgan fingerprint density at radius 2 is 1.90 bits per heavy atom. The molecule has 0 saturated carbocycles. The van der Waals surface area contributed by atoms with Gasteiger partial charge >= 0.3 is 60.1 Å². The van der Waals surface area contributed by atoms with E-state index in [0.29, 0.717) is 12.1 Å². The number of rotatable bonds is 1. The molecular formula is C5H5NO2P2. The van der Waals surface area contributed by atoms with Gasteiger partial charge in [-0.2, -0.15) is 0 Å². The molecule has 0 heterocycles. The second-order valence-electron chi connectivity index (χ2n) is 1.26. The van der Waals surface area contributed by atoms with Gasteiger partial charge in [-0.05, 0) is 0 Å². The molecule has 0 atom stereocenters. The monoisotopic (exact) mass is 173 g/mol. The van der Waals surface area contributed by atoms with Gasteiger partial charge in [-0.1, -0.05) is 0 Å². The van der Waals surface area contributed by atoms with Crippen molar-refractivity contribution < 1.29 is 9.13 Å². The Balaban J connectivity index is 4.64. The van der Waals surface area contributed by atoms with E-state index in [2.05, 4.69) is 11.3 Å². The van der Waals surface area contributed by atoms with Gasteiger partial charge in [0.15, 0.2) is 0 Å². The summed E-state index contributed by atoms with van der Waals surface area (Å²) in [7, 11) is -0.512. The molecule has 0 rings (SSSR count). The van der Waals surface area contributed by atoms with Crippen LogP contribution in [0.1, 0.15) is 0 Å². The van der Waals surface area contributed by atoms with Crippen LogP contribution < -0.4 is 5.73 Å². The van der Waals surface area contributed by atoms with Gasteiger partial charge in [0.25, 0.3) is 0 Å². The van der Waals surface area contributed by atoms with E-state index in [0.717, 1.165) is 0 Å². The van der Waals surface area contributed by atoms with Crippen molar-refractivity contribution in [2.75, 3.05) is 6.54 Å². The van der Waals surface area contributed by atoms with Crippen LogP contribution in [0.5, 0.6) is 0 Å². The van der Waals surface area contributed by atoms with Crippen molar-refractivity contribution in [3.05, 3.63) is 11.6 Å². The molecule has 0 aromatic rings. The van der Waals surface area contributed by atoms with Crippen molar-refractivity contribution in [2.24, 2.45) is 5.73 Å². The Morgan fingerprint density at radius 1 is 1.40 bits per heavy atom. The van der Waals surface area contributed by atoms with Crippen molar-refractivity contribution >= 4 is 15.8 Å². The maximum absolute atomic E-state index is 9.92. The Kier molecular flexibility index (Phi) is 6.64. The summed E-state index contributed by atoms with van der Waals surface area (Å²) in [6, 6.07) is 0. The minimum atomic E-state index is -0.256. The molecule has 0 amide bonds. The van der Waals surface area contributed by atoms with E-state index in [1.165, 1.54) is 6.08 Å². The summed E-state index contributed by atoms with van der Waals surface area (Å²) in [5.41, 5.74) is 10.2. The molecule has 0 saturated heterocycles. The first-order valence-corrected chi connectivity index (χ1v) is 4.04. The third-order valence-electron chi connectivity index (χ3n) is 0.654. The van der Waals surface area contributed by atoms with Crippen LogP contribution in [0.4, 0.5) is 0 Å². The van der Waals surface area contributed by atoms with Gasteiger partial charge in [0, 0.05) is 0 Å². The summed E-state index contributed by atoms with van der Waals surface area (Å²) in [6.45, 7) is 0.292. The average molecular weight is 173 g/mol. The first-order valence-electron chi connectivity index (χ1n) is 2.42. The van der Waals surface area contributed by atoms with E-state index >= 15 is 0 Å². The van der Waals surface area contributed by atoms with Crippen molar-refractivity contribution in [1.29, 1.82) is 0 Å². The Bertz CT molecular complexity index is 291. The molecule has 0 aliphatic rings. The van der Waals surface area contributed by atoms with Crippen molar-refractivity contribution in [3.63, 3.8) is 0 Å². The fraction of sp³-hybridized carbons (Fsp3) is 0.200. The summed E-state index contributed by atoms with van der Waals surface area (Å²) in [4.78, 5) is 0. The number of nitrogens with two attached hydrogens (primary N) is 1. The second-order valence-corrected chi connectivity index (χ2v) is 2.07. The topological polar surface area (TPSA) is 60.2 Å². The number of hydrogen-bond donors (Lipinski definition) is 1. The molecule has 2 N–H and O–H groups in total. The zero-order valence-electron chi connectivity index (χ0n) is 5.07. The van der Waals surface area contributed by atoms with Gasteiger partial charge in [0.1, 0.15) is 0 Å². The SMILES string of the molecule is NCC=C(C#P=O)C#P=O. The zero-order valence-corrected chi connectivity index (χ0v) is 6.86. The van der Waals surface area contributed by atoms with E-state index in [-0.39, 0.29) is 15.8 Å². The first kappa shape index (κ1) is 9.72. The molecule has 0 bridgehead atoms. The normalized spacial score (nSPS) is 6.90. The molecule has 3 nitrogen and oxygen atoms in total. The van der Waals surface area contributed by atoms with Gasteiger partial charge < -0.3 is 0 Å². The van der Waals surface area contributed by atoms with Crippen LogP contribution in [0.2, 0.25) is 0 Å². The molecule has 0 unspecified atom stereocenters. The van der Waals surface area contributed by atoms with E-state index in [1.54, 1.807) is 0 Å². The van der Waals surface area contributed by atoms with Crippen LogP contribution >= 0.6 is 15.8 Å². The van der Waals surface area contributed by atoms with Gasteiger partial charge in [-0.3, -0.25) is 0 Å². The first-order chi connectivity index (χ1) is 4.85. The minimum absolute atomic E-state index is 0.256. The predicted octanol–water partition coefficient (Wildman–Crippen LogP) is 1.37. The second kappa shape index (κ2) is 6.83. The molecule has 5 heteroatoms. The number of allylic oxidation sites excluding steroid dienone is 1. The maximum atomic E-state index is 9.92. The van der Waals surface area contributed by atoms with Crippen molar-refractivity contribution in [2.45, 2.75) is 0 Å². The Hall–Kier alpha value is -0.280. The zero-order chi connectivity index (χ0) is 7.82. The van der Waals surface area contributed by atoms with Gasteiger partial charge in [-0.25, -0.2) is 0 Å². The molecule has 0 spiro atoms. The van der Waals surface area contributed by atoms with Crippen LogP contribution in [0, 0.1) is 11.3 Å². The van der Waals surface area contributed by atoms with Gasteiger partial charge in [0.2, 0.25) is 0 Å². The molecule has 0 aliphatic heterocycles. The van der Waals surface area contributed by atoms with E-state index in [4.69, 9.17) is 5.73 Å². The van der Waals surface area contributed by atoms with E-state index in [1.807, 2.05) is 0 Å². The summed E-state index contributed by atoms with van der Waals surface area (Å²) in [5, 5.41) is 0. The van der Waals surface area contributed by atoms with Crippen LogP contribution in [0.15, 0.2) is 11.6 Å². The molecule has 52 valence electrons. The van der Waals surface area contributed by atoms with Crippen LogP contribution in [-0.4, -0.2) is 6.54 Å². The average Bonchev–Trinajstić information content (AvgIpc) is 1.90. The third kappa shape index (κ3) is 4.58. The van der Waals surface area contributed by atoms with Crippen LogP contribution in [0.3, 0.4) is 0 Å². The molecule has 0 aromatic heterocycles. The van der Waals surface area contributed by atoms with E-state index < -0.39 is 0 Å². The number of hydrogen-bond acceptors (Lipinski definition) is 3. The molecule has 0 aliphatic carbocycles. The summed E-state index contributed by atoms with van der Waals surface area (Å²) in [5.74, 6) is 0. The molecule has 0 aromatic carbocycles.